The van der Waals surface area contributed by atoms with Gasteiger partial charge in [-0.25, -0.2) is 5.84 Å². The summed E-state index contributed by atoms with van der Waals surface area (Å²) in [6.07, 6.45) is 0.935. The van der Waals surface area contributed by atoms with Crippen LogP contribution in [0.3, 0.4) is 0 Å². The molecule has 0 spiro atoms. The lowest BCUT2D eigenvalue weighted by Gasteiger charge is -1.91. The minimum Gasteiger partial charge on any atom is -0.302 e. The molecule has 0 saturated heterocycles. The van der Waals surface area contributed by atoms with E-state index in [0.29, 0.717) is 4.88 Å². The van der Waals surface area contributed by atoms with Crippen molar-refractivity contribution in [1.82, 2.24) is 5.43 Å². The first-order chi connectivity index (χ1) is 6.77. The number of amides is 1. The van der Waals surface area contributed by atoms with Crippen molar-refractivity contribution >= 4 is 23.5 Å². The SMILES string of the molecule is NNC(=O)c1ccc(C#CCC=O)s1. The van der Waals surface area contributed by atoms with Crippen molar-refractivity contribution in [3.05, 3.63) is 21.9 Å². The average Bonchev–Trinajstić information content (AvgIpc) is 2.66. The fraction of sp³-hybridized carbons (Fsp3) is 0.111. The number of hydrogen-bond acceptors (Lipinski definition) is 4. The Morgan fingerprint density at radius 1 is 1.64 bits per heavy atom. The third kappa shape index (κ3) is 2.69. The van der Waals surface area contributed by atoms with Crippen LogP contribution < -0.4 is 11.3 Å². The van der Waals surface area contributed by atoms with Crippen molar-refractivity contribution in [3.8, 4) is 11.8 Å². The molecule has 5 heteroatoms. The van der Waals surface area contributed by atoms with Crippen LogP contribution in [0, 0.1) is 11.8 Å². The Hall–Kier alpha value is -1.64. The molecule has 0 radical (unpaired) electrons. The van der Waals surface area contributed by atoms with E-state index in [0.717, 1.165) is 11.2 Å². The zero-order chi connectivity index (χ0) is 10.4. The van der Waals surface area contributed by atoms with Crippen molar-refractivity contribution in [2.45, 2.75) is 6.42 Å². The Labute approximate surface area is 85.1 Å². The standard InChI is InChI=1S/C9H8N2O2S/c10-11-9(13)8-5-4-7(14-8)3-1-2-6-12/h4-6H,2,10H2,(H,11,13). The van der Waals surface area contributed by atoms with Crippen molar-refractivity contribution in [2.75, 3.05) is 0 Å². The number of thiophene rings is 1. The van der Waals surface area contributed by atoms with Crippen LogP contribution in [0.15, 0.2) is 12.1 Å². The van der Waals surface area contributed by atoms with Gasteiger partial charge in [-0.3, -0.25) is 10.2 Å². The molecule has 0 aliphatic rings. The summed E-state index contributed by atoms with van der Waals surface area (Å²) in [5.41, 5.74) is 2.03. The van der Waals surface area contributed by atoms with E-state index in [1.165, 1.54) is 11.3 Å². The van der Waals surface area contributed by atoms with Crippen LogP contribution in [0.2, 0.25) is 0 Å². The van der Waals surface area contributed by atoms with Gasteiger partial charge in [-0.15, -0.1) is 11.3 Å². The highest BCUT2D eigenvalue weighted by Crippen LogP contribution is 2.14. The Kier molecular flexibility index (Phi) is 3.85. The van der Waals surface area contributed by atoms with Gasteiger partial charge in [0.15, 0.2) is 0 Å². The van der Waals surface area contributed by atoms with Crippen molar-refractivity contribution in [2.24, 2.45) is 5.84 Å². The van der Waals surface area contributed by atoms with Crippen LogP contribution >= 0.6 is 11.3 Å². The minimum atomic E-state index is -0.335. The molecule has 0 bridgehead atoms. The van der Waals surface area contributed by atoms with Gasteiger partial charge in [-0.2, -0.15) is 0 Å². The zero-order valence-corrected chi connectivity index (χ0v) is 8.06. The second kappa shape index (κ2) is 5.17. The molecule has 14 heavy (non-hydrogen) atoms. The van der Waals surface area contributed by atoms with E-state index in [1.807, 2.05) is 5.43 Å². The van der Waals surface area contributed by atoms with Gasteiger partial charge in [0.25, 0.3) is 5.91 Å². The molecular formula is C9H8N2O2S. The van der Waals surface area contributed by atoms with Crippen LogP contribution in [0.4, 0.5) is 0 Å². The Balaban J connectivity index is 2.74. The van der Waals surface area contributed by atoms with Gasteiger partial charge in [0.05, 0.1) is 16.2 Å². The minimum absolute atomic E-state index is 0.205. The topological polar surface area (TPSA) is 72.2 Å². The molecule has 1 rings (SSSR count). The molecule has 0 aromatic carbocycles. The third-order valence-electron chi connectivity index (χ3n) is 1.36. The predicted molar refractivity (Wildman–Crippen MR) is 53.5 cm³/mol. The smallest absolute Gasteiger partial charge is 0.275 e. The summed E-state index contributed by atoms with van der Waals surface area (Å²) in [5.74, 6) is 10.0. The molecule has 0 fully saturated rings. The summed E-state index contributed by atoms with van der Waals surface area (Å²) < 4.78 is 0. The summed E-state index contributed by atoms with van der Waals surface area (Å²) in [6, 6.07) is 3.35. The fourth-order valence-corrected chi connectivity index (χ4v) is 1.56. The number of hydrogen-bond donors (Lipinski definition) is 2. The maximum Gasteiger partial charge on any atom is 0.275 e. The largest absolute Gasteiger partial charge is 0.302 e. The quantitative estimate of drug-likeness (QED) is 0.241. The number of aldehydes is 1. The number of nitrogen functional groups attached to an aromatic ring is 1. The van der Waals surface area contributed by atoms with Gasteiger partial charge >= 0.3 is 0 Å². The molecule has 0 unspecified atom stereocenters. The number of rotatable bonds is 2. The second-order valence-corrected chi connectivity index (χ2v) is 3.39. The average molecular weight is 208 g/mol. The molecule has 1 heterocycles. The van der Waals surface area contributed by atoms with E-state index in [4.69, 9.17) is 5.84 Å². The molecule has 0 aliphatic carbocycles. The maximum atomic E-state index is 11.0. The maximum absolute atomic E-state index is 11.0. The molecule has 0 atom stereocenters. The number of nitrogens with one attached hydrogen (secondary N) is 1. The Bertz CT molecular complexity index is 400. The molecule has 0 saturated carbocycles. The highest BCUT2D eigenvalue weighted by atomic mass is 32.1. The molecule has 1 aromatic heterocycles. The summed E-state index contributed by atoms with van der Waals surface area (Å²) in [6.45, 7) is 0. The first-order valence-electron chi connectivity index (χ1n) is 3.81. The zero-order valence-electron chi connectivity index (χ0n) is 7.24. The predicted octanol–water partition coefficient (Wildman–Crippen LogP) is 0.292. The molecule has 72 valence electrons. The molecule has 4 nitrogen and oxygen atoms in total. The Morgan fingerprint density at radius 2 is 2.43 bits per heavy atom. The van der Waals surface area contributed by atoms with Crippen molar-refractivity contribution in [1.29, 1.82) is 0 Å². The summed E-state index contributed by atoms with van der Waals surface area (Å²) >= 11 is 1.23. The summed E-state index contributed by atoms with van der Waals surface area (Å²) in [5, 5.41) is 0. The second-order valence-electron chi connectivity index (χ2n) is 2.31. The lowest BCUT2D eigenvalue weighted by molar-refractivity contribution is -0.107. The monoisotopic (exact) mass is 208 g/mol. The summed E-state index contributed by atoms with van der Waals surface area (Å²) in [4.78, 5) is 22.2. The van der Waals surface area contributed by atoms with Crippen molar-refractivity contribution < 1.29 is 9.59 Å². The third-order valence-corrected chi connectivity index (χ3v) is 2.36. The highest BCUT2D eigenvalue weighted by molar-refractivity contribution is 7.14. The molecule has 0 aliphatic heterocycles. The van der Waals surface area contributed by atoms with Crippen LogP contribution in [0.1, 0.15) is 21.0 Å². The van der Waals surface area contributed by atoms with Gasteiger partial charge in [0, 0.05) is 0 Å². The van der Waals surface area contributed by atoms with Gasteiger partial charge in [-0.1, -0.05) is 11.8 Å². The Morgan fingerprint density at radius 3 is 3.07 bits per heavy atom. The van der Waals surface area contributed by atoms with E-state index in [9.17, 15) is 9.59 Å². The molecule has 1 amide bonds. The number of carbonyl (C=O) groups is 2. The van der Waals surface area contributed by atoms with Crippen LogP contribution in [0.25, 0.3) is 0 Å². The van der Waals surface area contributed by atoms with E-state index in [1.54, 1.807) is 12.1 Å². The lowest BCUT2D eigenvalue weighted by atomic mass is 10.4. The number of carbonyl (C=O) groups excluding carboxylic acids is 2. The van der Waals surface area contributed by atoms with Crippen LogP contribution in [0.5, 0.6) is 0 Å². The van der Waals surface area contributed by atoms with E-state index >= 15 is 0 Å². The fourth-order valence-electron chi connectivity index (χ4n) is 0.778. The summed E-state index contributed by atoms with van der Waals surface area (Å²) in [7, 11) is 0. The lowest BCUT2D eigenvalue weighted by Crippen LogP contribution is -2.29. The van der Waals surface area contributed by atoms with Gasteiger partial charge in [-0.05, 0) is 12.1 Å². The molecule has 1 aromatic rings. The van der Waals surface area contributed by atoms with Gasteiger partial charge in [0.1, 0.15) is 6.29 Å². The normalized spacial score (nSPS) is 8.64. The van der Waals surface area contributed by atoms with Crippen LogP contribution in [-0.4, -0.2) is 12.2 Å². The molecular weight excluding hydrogens is 200 g/mol. The van der Waals surface area contributed by atoms with E-state index in [-0.39, 0.29) is 12.3 Å². The molecule has 3 N–H and O–H groups in total. The number of nitrogens with two attached hydrogens (primary N) is 1. The highest BCUT2D eigenvalue weighted by Gasteiger charge is 2.05. The van der Waals surface area contributed by atoms with E-state index < -0.39 is 0 Å². The van der Waals surface area contributed by atoms with Gasteiger partial charge < -0.3 is 4.79 Å². The van der Waals surface area contributed by atoms with Gasteiger partial charge in [0.2, 0.25) is 0 Å². The van der Waals surface area contributed by atoms with Crippen LogP contribution in [-0.2, 0) is 4.79 Å². The van der Waals surface area contributed by atoms with E-state index in [2.05, 4.69) is 11.8 Å². The first-order valence-corrected chi connectivity index (χ1v) is 4.63. The van der Waals surface area contributed by atoms with Crippen molar-refractivity contribution in [3.63, 3.8) is 0 Å². The number of hydrazine groups is 1. The first kappa shape index (κ1) is 10.4.